The van der Waals surface area contributed by atoms with Crippen LogP contribution in [0.3, 0.4) is 0 Å². The molecule has 23 heavy (non-hydrogen) atoms. The van der Waals surface area contributed by atoms with E-state index in [2.05, 4.69) is 31.2 Å². The zero-order valence-electron chi connectivity index (χ0n) is 13.5. The minimum atomic E-state index is 0.413. The average molecular weight is 304 g/mol. The molecule has 0 saturated carbocycles. The monoisotopic (exact) mass is 304 g/mol. The van der Waals surface area contributed by atoms with Gasteiger partial charge < -0.3 is 11.5 Å². The van der Waals surface area contributed by atoms with Gasteiger partial charge in [-0.2, -0.15) is 0 Å². The predicted octanol–water partition coefficient (Wildman–Crippen LogP) is 5.08. The molecular weight excluding hydrogens is 280 g/mol. The van der Waals surface area contributed by atoms with Crippen molar-refractivity contribution in [1.82, 2.24) is 0 Å². The van der Waals surface area contributed by atoms with Gasteiger partial charge in [0, 0.05) is 17.3 Å². The van der Waals surface area contributed by atoms with E-state index in [1.807, 2.05) is 60.7 Å². The molecule has 0 atom stereocenters. The van der Waals surface area contributed by atoms with Crippen LogP contribution < -0.4 is 11.5 Å². The Balaban J connectivity index is 0.000000268. The molecule has 0 aromatic heterocycles. The van der Waals surface area contributed by atoms with E-state index in [0.717, 1.165) is 17.8 Å². The summed E-state index contributed by atoms with van der Waals surface area (Å²) in [7, 11) is 0. The molecule has 2 nitrogen and oxygen atoms in total. The van der Waals surface area contributed by atoms with Gasteiger partial charge in [0.1, 0.15) is 0 Å². The van der Waals surface area contributed by atoms with Crippen molar-refractivity contribution in [2.24, 2.45) is 0 Å². The number of benzene rings is 3. The van der Waals surface area contributed by atoms with Crippen molar-refractivity contribution in [3.63, 3.8) is 0 Å². The Hall–Kier alpha value is -2.74. The first-order chi connectivity index (χ1) is 11.2. The van der Waals surface area contributed by atoms with Crippen LogP contribution in [0.2, 0.25) is 0 Å². The van der Waals surface area contributed by atoms with Gasteiger partial charge in [-0.05, 0) is 41.8 Å². The highest BCUT2D eigenvalue weighted by atomic mass is 14.5. The third kappa shape index (κ3) is 5.19. The van der Waals surface area contributed by atoms with Gasteiger partial charge in [0.15, 0.2) is 0 Å². The fourth-order valence-corrected chi connectivity index (χ4v) is 2.51. The first kappa shape index (κ1) is 16.6. The van der Waals surface area contributed by atoms with Crippen LogP contribution >= 0.6 is 0 Å². The Kier molecular flexibility index (Phi) is 6.25. The van der Waals surface area contributed by atoms with Crippen molar-refractivity contribution in [1.29, 1.82) is 0 Å². The van der Waals surface area contributed by atoms with Crippen LogP contribution in [0, 0.1) is 0 Å². The molecule has 2 heteroatoms. The van der Waals surface area contributed by atoms with Crippen molar-refractivity contribution in [2.45, 2.75) is 19.3 Å². The molecule has 0 aliphatic rings. The number of hydrogen-bond acceptors (Lipinski definition) is 2. The summed E-state index contributed by atoms with van der Waals surface area (Å²) in [6.07, 6.45) is 1.06. The third-order valence-electron chi connectivity index (χ3n) is 3.75. The smallest absolute Gasteiger partial charge is 0.0314 e. The number of rotatable bonds is 3. The molecule has 0 unspecified atom stereocenters. The van der Waals surface area contributed by atoms with E-state index in [0.29, 0.717) is 5.92 Å². The van der Waals surface area contributed by atoms with Gasteiger partial charge in [-0.15, -0.1) is 0 Å². The molecule has 3 rings (SSSR count). The van der Waals surface area contributed by atoms with Gasteiger partial charge in [-0.25, -0.2) is 0 Å². The van der Waals surface area contributed by atoms with E-state index < -0.39 is 0 Å². The minimum absolute atomic E-state index is 0.413. The molecule has 0 fully saturated rings. The van der Waals surface area contributed by atoms with Crippen LogP contribution in [0.4, 0.5) is 11.4 Å². The minimum Gasteiger partial charge on any atom is -0.399 e. The highest BCUT2D eigenvalue weighted by Crippen LogP contribution is 2.28. The third-order valence-corrected chi connectivity index (χ3v) is 3.75. The van der Waals surface area contributed by atoms with Crippen molar-refractivity contribution in [3.8, 4) is 0 Å². The molecule has 0 bridgehead atoms. The lowest BCUT2D eigenvalue weighted by molar-refractivity contribution is 0.778. The van der Waals surface area contributed by atoms with Gasteiger partial charge in [0.25, 0.3) is 0 Å². The van der Waals surface area contributed by atoms with Crippen molar-refractivity contribution in [2.75, 3.05) is 11.5 Å². The summed E-state index contributed by atoms with van der Waals surface area (Å²) >= 11 is 0. The van der Waals surface area contributed by atoms with Gasteiger partial charge in [-0.1, -0.05) is 67.6 Å². The molecule has 0 aliphatic heterocycles. The van der Waals surface area contributed by atoms with E-state index in [-0.39, 0.29) is 0 Å². The average Bonchev–Trinajstić information content (AvgIpc) is 2.61. The van der Waals surface area contributed by atoms with E-state index in [4.69, 9.17) is 11.5 Å². The van der Waals surface area contributed by atoms with E-state index in [1.165, 1.54) is 11.1 Å². The number of nitrogen functional groups attached to an aromatic ring is 2. The molecule has 0 radical (unpaired) electrons. The fraction of sp³-hybridized carbons (Fsp3) is 0.143. The first-order valence-corrected chi connectivity index (χ1v) is 7.91. The Morgan fingerprint density at radius 2 is 0.913 bits per heavy atom. The number of anilines is 2. The van der Waals surface area contributed by atoms with E-state index >= 15 is 0 Å². The summed E-state index contributed by atoms with van der Waals surface area (Å²) in [6, 6.07) is 28.2. The molecule has 118 valence electrons. The zero-order valence-corrected chi connectivity index (χ0v) is 13.5. The van der Waals surface area contributed by atoms with Gasteiger partial charge in [0.05, 0.1) is 0 Å². The Bertz CT molecular complexity index is 601. The largest absolute Gasteiger partial charge is 0.399 e. The maximum atomic E-state index is 5.71. The number of nitrogens with two attached hydrogens (primary N) is 2. The lowest BCUT2D eigenvalue weighted by atomic mass is 9.89. The summed E-state index contributed by atoms with van der Waals surface area (Å²) in [5.41, 5.74) is 15.6. The van der Waals surface area contributed by atoms with Crippen LogP contribution in [0.15, 0.2) is 84.9 Å². The lowest BCUT2D eigenvalue weighted by Gasteiger charge is -2.16. The predicted molar refractivity (Wildman–Crippen MR) is 100 cm³/mol. The lowest BCUT2D eigenvalue weighted by Crippen LogP contribution is -2.00. The first-order valence-electron chi connectivity index (χ1n) is 7.91. The summed E-state index contributed by atoms with van der Waals surface area (Å²) in [4.78, 5) is 0. The summed E-state index contributed by atoms with van der Waals surface area (Å²) in [6.45, 7) is 2.19. The fourth-order valence-electron chi connectivity index (χ4n) is 2.51. The summed E-state index contributed by atoms with van der Waals surface area (Å²) in [5, 5.41) is 0. The highest BCUT2D eigenvalue weighted by molar-refractivity contribution is 5.45. The van der Waals surface area contributed by atoms with Crippen LogP contribution in [-0.4, -0.2) is 0 Å². The second kappa shape index (κ2) is 8.64. The summed E-state index contributed by atoms with van der Waals surface area (Å²) < 4.78 is 0. The molecule has 4 N–H and O–H groups in total. The molecule has 3 aromatic carbocycles. The van der Waals surface area contributed by atoms with Crippen LogP contribution in [0.1, 0.15) is 30.4 Å². The molecule has 3 aromatic rings. The topological polar surface area (TPSA) is 52.0 Å². The molecular formula is C21H24N2. The molecule has 0 saturated heterocycles. The molecule has 0 heterocycles. The molecule has 0 amide bonds. The van der Waals surface area contributed by atoms with Crippen molar-refractivity contribution >= 4 is 11.4 Å². The normalized spacial score (nSPS) is 10.0. The van der Waals surface area contributed by atoms with Gasteiger partial charge in [-0.3, -0.25) is 0 Å². The Morgan fingerprint density at radius 3 is 1.17 bits per heavy atom. The zero-order chi connectivity index (χ0) is 16.5. The van der Waals surface area contributed by atoms with Gasteiger partial charge in [0.2, 0.25) is 0 Å². The Labute approximate surface area is 138 Å². The SMILES string of the molecule is CCC(c1ccc(N)cc1)c1ccc(N)cc1.c1ccccc1. The van der Waals surface area contributed by atoms with Gasteiger partial charge >= 0.3 is 0 Å². The maximum absolute atomic E-state index is 5.71. The van der Waals surface area contributed by atoms with Crippen LogP contribution in [-0.2, 0) is 0 Å². The van der Waals surface area contributed by atoms with Crippen molar-refractivity contribution < 1.29 is 0 Å². The van der Waals surface area contributed by atoms with Crippen molar-refractivity contribution in [3.05, 3.63) is 96.1 Å². The standard InChI is InChI=1S/C15H18N2.C6H6/c1-2-15(11-3-7-13(16)8-4-11)12-5-9-14(17)10-6-12;1-2-4-6-5-3-1/h3-10,15H,2,16-17H2,1H3;1-6H. The molecule has 0 spiro atoms. The van der Waals surface area contributed by atoms with Crippen LogP contribution in [0.25, 0.3) is 0 Å². The quantitative estimate of drug-likeness (QED) is 0.663. The second-order valence-electron chi connectivity index (χ2n) is 5.45. The van der Waals surface area contributed by atoms with Crippen LogP contribution in [0.5, 0.6) is 0 Å². The van der Waals surface area contributed by atoms with E-state index in [9.17, 15) is 0 Å². The molecule has 0 aliphatic carbocycles. The highest BCUT2D eigenvalue weighted by Gasteiger charge is 2.11. The Morgan fingerprint density at radius 1 is 0.609 bits per heavy atom. The summed E-state index contributed by atoms with van der Waals surface area (Å²) in [5.74, 6) is 0.413. The van der Waals surface area contributed by atoms with E-state index in [1.54, 1.807) is 0 Å². The maximum Gasteiger partial charge on any atom is 0.0314 e. The number of hydrogen-bond donors (Lipinski definition) is 2. The second-order valence-corrected chi connectivity index (χ2v) is 5.45.